The van der Waals surface area contributed by atoms with Gasteiger partial charge in [-0.2, -0.15) is 0 Å². The highest BCUT2D eigenvalue weighted by molar-refractivity contribution is 7.89. The van der Waals surface area contributed by atoms with Gasteiger partial charge < -0.3 is 15.3 Å². The summed E-state index contributed by atoms with van der Waals surface area (Å²) in [6.45, 7) is 5.52. The van der Waals surface area contributed by atoms with Gasteiger partial charge in [-0.3, -0.25) is 0 Å². The average molecular weight is 420 g/mol. The van der Waals surface area contributed by atoms with E-state index in [0.717, 1.165) is 31.7 Å². The highest BCUT2D eigenvalue weighted by Gasteiger charge is 2.24. The molecule has 0 spiro atoms. The molecule has 0 fully saturated rings. The predicted molar refractivity (Wildman–Crippen MR) is 117 cm³/mol. The number of benzene rings is 2. The van der Waals surface area contributed by atoms with Crippen LogP contribution in [0.15, 0.2) is 47.4 Å². The molecule has 0 radical (unpaired) electrons. The lowest BCUT2D eigenvalue weighted by Gasteiger charge is -2.29. The molecule has 0 amide bonds. The molecule has 0 saturated heterocycles. The van der Waals surface area contributed by atoms with Crippen molar-refractivity contribution in [2.45, 2.75) is 44.4 Å². The minimum atomic E-state index is -4.16. The lowest BCUT2D eigenvalue weighted by Crippen LogP contribution is -2.28. The lowest BCUT2D eigenvalue weighted by molar-refractivity contribution is 0.0696. The van der Waals surface area contributed by atoms with Crippen LogP contribution in [0.5, 0.6) is 0 Å². The number of aromatic carboxylic acids is 1. The van der Waals surface area contributed by atoms with Crippen molar-refractivity contribution in [3.05, 3.63) is 48.0 Å². The number of anilines is 3. The second kappa shape index (κ2) is 10.3. The largest absolute Gasteiger partial charge is 0.478 e. The summed E-state index contributed by atoms with van der Waals surface area (Å²) in [6.07, 6.45) is 3.72. The van der Waals surface area contributed by atoms with E-state index in [2.05, 4.69) is 19.2 Å². The number of carboxylic acids is 1. The number of para-hydroxylation sites is 1. The van der Waals surface area contributed by atoms with E-state index in [1.807, 2.05) is 35.2 Å². The second-order valence-corrected chi connectivity index (χ2v) is 8.43. The molecule has 0 saturated carbocycles. The molecule has 0 aliphatic heterocycles. The van der Waals surface area contributed by atoms with Crippen LogP contribution >= 0.6 is 0 Å². The van der Waals surface area contributed by atoms with Crippen LogP contribution in [0.25, 0.3) is 0 Å². The van der Waals surface area contributed by atoms with Gasteiger partial charge in [0.1, 0.15) is 4.90 Å². The number of primary sulfonamides is 1. The molecule has 0 bridgehead atoms. The van der Waals surface area contributed by atoms with Crippen LogP contribution in [-0.4, -0.2) is 32.6 Å². The topological polar surface area (TPSA) is 113 Å². The summed E-state index contributed by atoms with van der Waals surface area (Å²) >= 11 is 0. The van der Waals surface area contributed by atoms with Crippen molar-refractivity contribution in [1.29, 1.82) is 0 Å². The molecule has 0 atom stereocenters. The van der Waals surface area contributed by atoms with Crippen molar-refractivity contribution in [2.75, 3.05) is 23.3 Å². The molecular formula is C21H29N3O4S. The number of carbonyl (C=O) groups is 1. The molecule has 0 unspecified atom stereocenters. The lowest BCUT2D eigenvalue weighted by atomic mass is 10.1. The second-order valence-electron chi connectivity index (χ2n) is 6.90. The van der Waals surface area contributed by atoms with E-state index in [9.17, 15) is 18.3 Å². The molecule has 158 valence electrons. The first-order chi connectivity index (χ1) is 13.8. The van der Waals surface area contributed by atoms with Crippen molar-refractivity contribution < 1.29 is 18.3 Å². The minimum absolute atomic E-state index is 0.111. The Labute approximate surface area is 172 Å². The van der Waals surface area contributed by atoms with Gasteiger partial charge in [0.15, 0.2) is 0 Å². The molecule has 2 rings (SSSR count). The van der Waals surface area contributed by atoms with E-state index in [4.69, 9.17) is 5.14 Å². The van der Waals surface area contributed by atoms with E-state index in [1.54, 1.807) is 0 Å². The van der Waals surface area contributed by atoms with Gasteiger partial charge in [0.25, 0.3) is 0 Å². The Balaban J connectivity index is 2.71. The normalized spacial score (nSPS) is 11.3. The van der Waals surface area contributed by atoms with E-state index < -0.39 is 16.0 Å². The van der Waals surface area contributed by atoms with Gasteiger partial charge in [-0.1, -0.05) is 44.9 Å². The number of hydrogen-bond acceptors (Lipinski definition) is 5. The SMILES string of the molecule is CCCCN(CCCC)c1cc(C(=O)O)cc(S(N)(=O)=O)c1Nc1ccccc1. The van der Waals surface area contributed by atoms with Crippen LogP contribution in [0, 0.1) is 0 Å². The van der Waals surface area contributed by atoms with E-state index >= 15 is 0 Å². The van der Waals surface area contributed by atoms with Gasteiger partial charge in [-0.05, 0) is 37.1 Å². The van der Waals surface area contributed by atoms with Gasteiger partial charge in [0.2, 0.25) is 10.0 Å². The standard InChI is InChI=1S/C21H29N3O4S/c1-3-5-12-24(13-6-4-2)18-14-16(21(25)26)15-19(29(22,27)28)20(18)23-17-10-8-7-9-11-17/h7-11,14-15,23H,3-6,12-13H2,1-2H3,(H,25,26)(H2,22,27,28). The van der Waals surface area contributed by atoms with E-state index in [1.165, 1.54) is 6.07 Å². The van der Waals surface area contributed by atoms with Gasteiger partial charge in [-0.25, -0.2) is 18.4 Å². The smallest absolute Gasteiger partial charge is 0.335 e. The predicted octanol–water partition coefficient (Wildman–Crippen LogP) is 4.18. The molecule has 29 heavy (non-hydrogen) atoms. The molecule has 0 aromatic heterocycles. The first-order valence-corrected chi connectivity index (χ1v) is 11.3. The Kier molecular flexibility index (Phi) is 8.04. The number of nitrogens with one attached hydrogen (secondary N) is 1. The van der Waals surface area contributed by atoms with Gasteiger partial charge in [0, 0.05) is 18.8 Å². The Morgan fingerprint density at radius 2 is 1.66 bits per heavy atom. The van der Waals surface area contributed by atoms with Crippen molar-refractivity contribution in [2.24, 2.45) is 5.14 Å². The van der Waals surface area contributed by atoms with Crippen molar-refractivity contribution in [3.8, 4) is 0 Å². The number of sulfonamides is 1. The number of unbranched alkanes of at least 4 members (excludes halogenated alkanes) is 2. The Hall–Kier alpha value is -2.58. The number of hydrogen-bond donors (Lipinski definition) is 3. The fourth-order valence-corrected chi connectivity index (χ4v) is 3.77. The summed E-state index contributed by atoms with van der Waals surface area (Å²) in [6, 6.07) is 11.8. The fourth-order valence-electron chi connectivity index (χ4n) is 3.04. The third-order valence-corrected chi connectivity index (χ3v) is 5.52. The summed E-state index contributed by atoms with van der Waals surface area (Å²) < 4.78 is 24.7. The summed E-state index contributed by atoms with van der Waals surface area (Å²) in [5.74, 6) is -1.20. The molecule has 7 nitrogen and oxygen atoms in total. The zero-order chi connectivity index (χ0) is 21.4. The first-order valence-electron chi connectivity index (χ1n) is 9.79. The zero-order valence-corrected chi connectivity index (χ0v) is 17.7. The quantitative estimate of drug-likeness (QED) is 0.503. The number of nitrogens with two attached hydrogens (primary N) is 1. The van der Waals surface area contributed by atoms with Crippen molar-refractivity contribution in [1.82, 2.24) is 0 Å². The highest BCUT2D eigenvalue weighted by Crippen LogP contribution is 2.36. The van der Waals surface area contributed by atoms with Crippen LogP contribution in [-0.2, 0) is 10.0 Å². The fraction of sp³-hybridized carbons (Fsp3) is 0.381. The maximum Gasteiger partial charge on any atom is 0.335 e. The third-order valence-electron chi connectivity index (χ3n) is 4.58. The number of rotatable bonds is 11. The Morgan fingerprint density at radius 3 is 2.14 bits per heavy atom. The molecule has 0 heterocycles. The molecule has 0 aliphatic carbocycles. The molecule has 8 heteroatoms. The van der Waals surface area contributed by atoms with E-state index in [0.29, 0.717) is 30.2 Å². The molecule has 2 aromatic carbocycles. The minimum Gasteiger partial charge on any atom is -0.478 e. The van der Waals surface area contributed by atoms with Gasteiger partial charge in [-0.15, -0.1) is 0 Å². The zero-order valence-electron chi connectivity index (χ0n) is 16.9. The summed E-state index contributed by atoms with van der Waals surface area (Å²) in [5, 5.41) is 18.2. The molecule has 4 N–H and O–H groups in total. The summed E-state index contributed by atoms with van der Waals surface area (Å²) in [4.78, 5) is 13.5. The van der Waals surface area contributed by atoms with Crippen LogP contribution in [0.4, 0.5) is 17.1 Å². The van der Waals surface area contributed by atoms with Crippen LogP contribution in [0.3, 0.4) is 0 Å². The van der Waals surface area contributed by atoms with Crippen molar-refractivity contribution >= 4 is 33.1 Å². The Morgan fingerprint density at radius 1 is 1.07 bits per heavy atom. The molecule has 2 aromatic rings. The maximum atomic E-state index is 12.3. The van der Waals surface area contributed by atoms with Gasteiger partial charge in [0.05, 0.1) is 16.9 Å². The van der Waals surface area contributed by atoms with Gasteiger partial charge >= 0.3 is 5.97 Å². The monoisotopic (exact) mass is 419 g/mol. The highest BCUT2D eigenvalue weighted by atomic mass is 32.2. The summed E-state index contributed by atoms with van der Waals surface area (Å²) in [5.41, 5.74) is 1.41. The Bertz CT molecular complexity index is 922. The third kappa shape index (κ3) is 6.20. The summed E-state index contributed by atoms with van der Waals surface area (Å²) in [7, 11) is -4.16. The average Bonchev–Trinajstić information content (AvgIpc) is 2.68. The first kappa shape index (κ1) is 22.7. The van der Waals surface area contributed by atoms with Crippen LogP contribution in [0.2, 0.25) is 0 Å². The molecular weight excluding hydrogens is 390 g/mol. The molecule has 0 aliphatic rings. The van der Waals surface area contributed by atoms with Crippen molar-refractivity contribution in [3.63, 3.8) is 0 Å². The van der Waals surface area contributed by atoms with Crippen LogP contribution < -0.4 is 15.4 Å². The number of carboxylic acid groups (broad SMARTS) is 1. The number of nitrogens with zero attached hydrogens (tertiary/aromatic N) is 1. The van der Waals surface area contributed by atoms with E-state index in [-0.39, 0.29) is 10.5 Å². The van der Waals surface area contributed by atoms with Crippen LogP contribution in [0.1, 0.15) is 49.9 Å². The maximum absolute atomic E-state index is 12.3.